The third kappa shape index (κ3) is 1.75. The van der Waals surface area contributed by atoms with E-state index in [1.807, 2.05) is 19.9 Å². The van der Waals surface area contributed by atoms with Crippen molar-refractivity contribution in [1.82, 2.24) is 0 Å². The molecule has 0 radical (unpaired) electrons. The minimum absolute atomic E-state index is 0.110. The summed E-state index contributed by atoms with van der Waals surface area (Å²) in [5.41, 5.74) is 2.08. The molecule has 2 aromatic heterocycles. The smallest absolute Gasteiger partial charge is 0.206 e. The van der Waals surface area contributed by atoms with Crippen molar-refractivity contribution in [2.75, 3.05) is 0 Å². The van der Waals surface area contributed by atoms with Crippen LogP contribution in [0.3, 0.4) is 0 Å². The number of hydrogen-bond acceptors (Lipinski definition) is 3. The van der Waals surface area contributed by atoms with Crippen LogP contribution in [-0.2, 0) is 12.8 Å². The van der Waals surface area contributed by atoms with Crippen LogP contribution in [0.2, 0.25) is 0 Å². The number of carbonyl (C=O) groups excluding carboxylic acids is 1. The molecule has 0 saturated heterocycles. The summed E-state index contributed by atoms with van der Waals surface area (Å²) in [5, 5.41) is 0. The van der Waals surface area contributed by atoms with Crippen molar-refractivity contribution in [3.05, 3.63) is 44.5 Å². The number of rotatable bonds is 2. The molecule has 0 aromatic carbocycles. The maximum atomic E-state index is 12.3. The minimum atomic E-state index is 0.110. The lowest BCUT2D eigenvalue weighted by Gasteiger charge is -1.95. The van der Waals surface area contributed by atoms with Gasteiger partial charge in [0, 0.05) is 4.88 Å². The molecule has 1 aliphatic rings. The first-order valence-corrected chi connectivity index (χ1v) is 6.70. The molecule has 0 spiro atoms. The van der Waals surface area contributed by atoms with Crippen LogP contribution in [0.15, 0.2) is 16.5 Å². The minimum Gasteiger partial charge on any atom is -0.466 e. The zero-order valence-corrected chi connectivity index (χ0v) is 10.8. The Bertz CT molecular complexity index is 568. The van der Waals surface area contributed by atoms with Crippen molar-refractivity contribution in [3.8, 4) is 0 Å². The topological polar surface area (TPSA) is 30.2 Å². The second-order valence-electron chi connectivity index (χ2n) is 4.57. The fourth-order valence-corrected chi connectivity index (χ4v) is 3.64. The van der Waals surface area contributed by atoms with Gasteiger partial charge in [0.2, 0.25) is 5.78 Å². The van der Waals surface area contributed by atoms with Gasteiger partial charge >= 0.3 is 0 Å². The average molecular weight is 246 g/mol. The highest BCUT2D eigenvalue weighted by atomic mass is 32.1. The van der Waals surface area contributed by atoms with Crippen molar-refractivity contribution in [3.63, 3.8) is 0 Å². The van der Waals surface area contributed by atoms with Crippen LogP contribution in [0.4, 0.5) is 0 Å². The Morgan fingerprint density at radius 3 is 2.76 bits per heavy atom. The van der Waals surface area contributed by atoms with Gasteiger partial charge in [-0.1, -0.05) is 0 Å². The number of thiophene rings is 1. The largest absolute Gasteiger partial charge is 0.466 e. The Labute approximate surface area is 104 Å². The third-order valence-corrected chi connectivity index (χ3v) is 4.49. The van der Waals surface area contributed by atoms with Crippen LogP contribution >= 0.6 is 11.3 Å². The summed E-state index contributed by atoms with van der Waals surface area (Å²) in [6.45, 7) is 3.72. The van der Waals surface area contributed by atoms with Crippen LogP contribution in [0.5, 0.6) is 0 Å². The van der Waals surface area contributed by atoms with E-state index in [2.05, 4.69) is 6.07 Å². The van der Waals surface area contributed by atoms with Crippen molar-refractivity contribution in [1.29, 1.82) is 0 Å². The average Bonchev–Trinajstić information content (AvgIpc) is 2.90. The molecule has 1 aliphatic carbocycles. The summed E-state index contributed by atoms with van der Waals surface area (Å²) < 4.78 is 5.42. The van der Waals surface area contributed by atoms with Crippen molar-refractivity contribution in [2.24, 2.45) is 0 Å². The monoisotopic (exact) mass is 246 g/mol. The maximum absolute atomic E-state index is 12.3. The van der Waals surface area contributed by atoms with E-state index in [1.165, 1.54) is 16.9 Å². The van der Waals surface area contributed by atoms with Gasteiger partial charge in [-0.2, -0.15) is 0 Å². The van der Waals surface area contributed by atoms with Gasteiger partial charge in [0.15, 0.2) is 0 Å². The van der Waals surface area contributed by atoms with Crippen LogP contribution in [0.1, 0.15) is 43.6 Å². The van der Waals surface area contributed by atoms with Gasteiger partial charge in [-0.15, -0.1) is 11.3 Å². The number of ketones is 1. The maximum Gasteiger partial charge on any atom is 0.206 e. The number of aryl methyl sites for hydroxylation is 4. The standard InChI is InChI=1S/C14H14O2S/c1-8-6-11(9(2)16-8)14(15)13-7-10-4-3-5-12(10)17-13/h6-7H,3-5H2,1-2H3. The fourth-order valence-electron chi connectivity index (χ4n) is 2.43. The Kier molecular flexibility index (Phi) is 2.44. The molecule has 88 valence electrons. The molecule has 0 bridgehead atoms. The highest BCUT2D eigenvalue weighted by Crippen LogP contribution is 2.32. The normalized spacial score (nSPS) is 14.0. The second kappa shape index (κ2) is 3.84. The molecule has 2 aromatic rings. The SMILES string of the molecule is Cc1cc(C(=O)c2cc3c(s2)CCC3)c(C)o1. The Morgan fingerprint density at radius 2 is 2.12 bits per heavy atom. The third-order valence-electron chi connectivity index (χ3n) is 3.26. The van der Waals surface area contributed by atoms with Gasteiger partial charge in [0.1, 0.15) is 11.5 Å². The molecule has 2 heterocycles. The molecule has 2 nitrogen and oxygen atoms in total. The zero-order valence-electron chi connectivity index (χ0n) is 10.0. The summed E-state index contributed by atoms with van der Waals surface area (Å²) in [7, 11) is 0. The van der Waals surface area contributed by atoms with Crippen LogP contribution in [0.25, 0.3) is 0 Å². The van der Waals surface area contributed by atoms with Crippen LogP contribution in [0, 0.1) is 13.8 Å². The van der Waals surface area contributed by atoms with Gasteiger partial charge in [-0.05, 0) is 50.8 Å². The molecular weight excluding hydrogens is 232 g/mol. The Balaban J connectivity index is 1.98. The summed E-state index contributed by atoms with van der Waals surface area (Å²) in [6, 6.07) is 3.90. The molecule has 0 N–H and O–H groups in total. The zero-order chi connectivity index (χ0) is 12.0. The lowest BCUT2D eigenvalue weighted by Crippen LogP contribution is -1.98. The molecule has 3 rings (SSSR count). The van der Waals surface area contributed by atoms with E-state index >= 15 is 0 Å². The Morgan fingerprint density at radius 1 is 1.29 bits per heavy atom. The summed E-state index contributed by atoms with van der Waals surface area (Å²) in [6.07, 6.45) is 3.50. The molecule has 3 heteroatoms. The molecule has 0 fully saturated rings. The van der Waals surface area contributed by atoms with Crippen LogP contribution in [-0.4, -0.2) is 5.78 Å². The van der Waals surface area contributed by atoms with E-state index in [0.717, 1.165) is 29.2 Å². The molecule has 0 amide bonds. The van der Waals surface area contributed by atoms with E-state index < -0.39 is 0 Å². The number of furan rings is 1. The molecular formula is C14H14O2S. The Hall–Kier alpha value is -1.35. The highest BCUT2D eigenvalue weighted by Gasteiger charge is 2.21. The lowest BCUT2D eigenvalue weighted by atomic mass is 10.1. The molecule has 0 atom stereocenters. The first-order valence-electron chi connectivity index (χ1n) is 5.88. The number of hydrogen-bond donors (Lipinski definition) is 0. The van der Waals surface area contributed by atoms with Gasteiger partial charge in [-0.3, -0.25) is 4.79 Å². The molecule has 0 saturated carbocycles. The van der Waals surface area contributed by atoms with Gasteiger partial charge in [0.25, 0.3) is 0 Å². The summed E-state index contributed by atoms with van der Waals surface area (Å²) in [4.78, 5) is 14.6. The van der Waals surface area contributed by atoms with Gasteiger partial charge in [-0.25, -0.2) is 0 Å². The first kappa shape index (κ1) is 10.8. The lowest BCUT2D eigenvalue weighted by molar-refractivity contribution is 0.104. The molecule has 0 aliphatic heterocycles. The molecule has 17 heavy (non-hydrogen) atoms. The van der Waals surface area contributed by atoms with E-state index in [0.29, 0.717) is 5.56 Å². The fraction of sp³-hybridized carbons (Fsp3) is 0.357. The van der Waals surface area contributed by atoms with E-state index in [4.69, 9.17) is 4.42 Å². The highest BCUT2D eigenvalue weighted by molar-refractivity contribution is 7.14. The van der Waals surface area contributed by atoms with E-state index in [-0.39, 0.29) is 5.78 Å². The van der Waals surface area contributed by atoms with Gasteiger partial charge < -0.3 is 4.42 Å². The summed E-state index contributed by atoms with van der Waals surface area (Å²) >= 11 is 1.65. The van der Waals surface area contributed by atoms with E-state index in [1.54, 1.807) is 11.3 Å². The van der Waals surface area contributed by atoms with Crippen LogP contribution < -0.4 is 0 Å². The number of carbonyl (C=O) groups is 1. The quantitative estimate of drug-likeness (QED) is 0.757. The van der Waals surface area contributed by atoms with E-state index in [9.17, 15) is 4.79 Å². The summed E-state index contributed by atoms with van der Waals surface area (Å²) in [5.74, 6) is 1.63. The van der Waals surface area contributed by atoms with Crippen molar-refractivity contribution in [2.45, 2.75) is 33.1 Å². The first-order chi connectivity index (χ1) is 8.15. The van der Waals surface area contributed by atoms with Gasteiger partial charge in [0.05, 0.1) is 10.4 Å². The predicted octanol–water partition coefficient (Wildman–Crippen LogP) is 3.68. The molecule has 0 unspecified atom stereocenters. The van der Waals surface area contributed by atoms with Crippen molar-refractivity contribution >= 4 is 17.1 Å². The second-order valence-corrected chi connectivity index (χ2v) is 5.71. The van der Waals surface area contributed by atoms with Crippen molar-refractivity contribution < 1.29 is 9.21 Å². The predicted molar refractivity (Wildman–Crippen MR) is 68.0 cm³/mol. The number of fused-ring (bicyclic) bond motifs is 1.